The molecule has 0 spiro atoms. The molecule has 0 fully saturated rings. The predicted molar refractivity (Wildman–Crippen MR) is 66.1 cm³/mol. The van der Waals surface area contributed by atoms with E-state index in [4.69, 9.17) is 10.2 Å². The Kier molecular flexibility index (Phi) is 1.86. The number of hydrogen-bond donors (Lipinski definition) is 2. The van der Waals surface area contributed by atoms with Crippen molar-refractivity contribution in [3.05, 3.63) is 46.8 Å². The van der Waals surface area contributed by atoms with Crippen LogP contribution >= 0.6 is 0 Å². The van der Waals surface area contributed by atoms with E-state index in [0.717, 1.165) is 0 Å². The highest BCUT2D eigenvalue weighted by molar-refractivity contribution is 6.08. The highest BCUT2D eigenvalue weighted by Crippen LogP contribution is 2.30. The van der Waals surface area contributed by atoms with Crippen LogP contribution in [0.1, 0.15) is 0 Å². The lowest BCUT2D eigenvalue weighted by Crippen LogP contribution is -2.00. The quantitative estimate of drug-likeness (QED) is 0.351. The molecule has 0 unspecified atom stereocenters. The first-order valence-corrected chi connectivity index (χ1v) is 5.11. The van der Waals surface area contributed by atoms with E-state index in [1.54, 1.807) is 36.4 Å². The average Bonchev–Trinajstić information content (AvgIpc) is 2.30. The highest BCUT2D eigenvalue weighted by Gasteiger charge is 2.10. The number of anilines is 1. The fourth-order valence-corrected chi connectivity index (χ4v) is 1.98. The van der Waals surface area contributed by atoms with E-state index >= 15 is 0 Å². The minimum absolute atomic E-state index is 0.0843. The van der Waals surface area contributed by atoms with E-state index in [0.29, 0.717) is 27.4 Å². The smallest absolute Gasteiger partial charge is 0.344 e. The second-order valence-electron chi connectivity index (χ2n) is 3.84. The van der Waals surface area contributed by atoms with Crippen molar-refractivity contribution in [2.75, 3.05) is 5.73 Å². The fourth-order valence-electron chi connectivity index (χ4n) is 1.98. The van der Waals surface area contributed by atoms with Crippen LogP contribution in [-0.4, -0.2) is 5.11 Å². The summed E-state index contributed by atoms with van der Waals surface area (Å²) in [6, 6.07) is 9.78. The van der Waals surface area contributed by atoms with Crippen LogP contribution in [0.2, 0.25) is 0 Å². The third-order valence-corrected chi connectivity index (χ3v) is 2.74. The summed E-state index contributed by atoms with van der Waals surface area (Å²) >= 11 is 0. The molecule has 2 aromatic carbocycles. The number of phenolic OH excluding ortho intramolecular Hbond substituents is 1. The second kappa shape index (κ2) is 3.25. The molecule has 1 heterocycles. The predicted octanol–water partition coefficient (Wildman–Crippen LogP) is 2.23. The lowest BCUT2D eigenvalue weighted by Gasteiger charge is -2.04. The number of nitrogens with two attached hydrogens (primary N) is 1. The summed E-state index contributed by atoms with van der Waals surface area (Å²) in [6.07, 6.45) is 0. The maximum atomic E-state index is 11.8. The summed E-state index contributed by atoms with van der Waals surface area (Å²) < 4.78 is 5.14. The first-order valence-electron chi connectivity index (χ1n) is 5.11. The number of hydrogen-bond acceptors (Lipinski definition) is 4. The van der Waals surface area contributed by atoms with Crippen LogP contribution < -0.4 is 11.4 Å². The molecule has 3 rings (SSSR count). The van der Waals surface area contributed by atoms with Gasteiger partial charge in [0.05, 0.1) is 10.8 Å². The zero-order valence-corrected chi connectivity index (χ0v) is 8.81. The molecule has 3 aromatic rings. The molecule has 4 nitrogen and oxygen atoms in total. The van der Waals surface area contributed by atoms with Crippen molar-refractivity contribution >= 4 is 27.4 Å². The van der Waals surface area contributed by atoms with Crippen molar-refractivity contribution in [2.24, 2.45) is 0 Å². The lowest BCUT2D eigenvalue weighted by molar-refractivity contribution is 0.480. The van der Waals surface area contributed by atoms with Gasteiger partial charge in [0.25, 0.3) is 0 Å². The monoisotopic (exact) mass is 227 g/mol. The largest absolute Gasteiger partial charge is 0.507 e. The Bertz CT molecular complexity index is 790. The van der Waals surface area contributed by atoms with Gasteiger partial charge >= 0.3 is 5.63 Å². The number of rotatable bonds is 0. The normalized spacial score (nSPS) is 11.1. The van der Waals surface area contributed by atoms with Crippen LogP contribution in [0.4, 0.5) is 5.69 Å². The van der Waals surface area contributed by atoms with Crippen molar-refractivity contribution < 1.29 is 9.52 Å². The molecule has 0 aliphatic heterocycles. The average molecular weight is 227 g/mol. The molecule has 0 saturated carbocycles. The summed E-state index contributed by atoms with van der Waals surface area (Å²) in [5.41, 5.74) is 6.03. The summed E-state index contributed by atoms with van der Waals surface area (Å²) in [5.74, 6) is 0.0843. The van der Waals surface area contributed by atoms with Crippen molar-refractivity contribution in [3.8, 4) is 5.75 Å². The van der Waals surface area contributed by atoms with Crippen LogP contribution in [0.15, 0.2) is 45.6 Å². The summed E-state index contributed by atoms with van der Waals surface area (Å²) in [5, 5.41) is 11.4. The van der Waals surface area contributed by atoms with E-state index in [9.17, 15) is 9.90 Å². The van der Waals surface area contributed by atoms with E-state index in [-0.39, 0.29) is 5.75 Å². The number of phenols is 1. The molecule has 0 aliphatic carbocycles. The summed E-state index contributed by atoms with van der Waals surface area (Å²) in [6.45, 7) is 0. The summed E-state index contributed by atoms with van der Waals surface area (Å²) in [7, 11) is 0. The number of fused-ring (bicyclic) bond motifs is 3. The Balaban J connectivity index is 2.68. The second-order valence-corrected chi connectivity index (χ2v) is 3.84. The third-order valence-electron chi connectivity index (χ3n) is 2.74. The molecule has 0 amide bonds. The van der Waals surface area contributed by atoms with Gasteiger partial charge in [-0.2, -0.15) is 0 Å². The molecule has 4 heteroatoms. The molecule has 84 valence electrons. The van der Waals surface area contributed by atoms with E-state index in [2.05, 4.69) is 0 Å². The molecule has 0 atom stereocenters. The van der Waals surface area contributed by atoms with Gasteiger partial charge in [0.2, 0.25) is 0 Å². The van der Waals surface area contributed by atoms with Crippen molar-refractivity contribution in [1.82, 2.24) is 0 Å². The molecule has 1 aromatic heterocycles. The van der Waals surface area contributed by atoms with Gasteiger partial charge in [0.1, 0.15) is 11.3 Å². The number of aromatic hydroxyl groups is 1. The van der Waals surface area contributed by atoms with Crippen LogP contribution in [0.3, 0.4) is 0 Å². The van der Waals surface area contributed by atoms with Gasteiger partial charge in [-0.15, -0.1) is 0 Å². The van der Waals surface area contributed by atoms with E-state index < -0.39 is 5.63 Å². The van der Waals surface area contributed by atoms with Gasteiger partial charge in [0, 0.05) is 11.1 Å². The minimum Gasteiger partial charge on any atom is -0.507 e. The first kappa shape index (κ1) is 9.72. The topological polar surface area (TPSA) is 76.5 Å². The Labute approximate surface area is 95.9 Å². The zero-order valence-electron chi connectivity index (χ0n) is 8.81. The maximum Gasteiger partial charge on any atom is 0.344 e. The highest BCUT2D eigenvalue weighted by atomic mass is 16.4. The van der Waals surface area contributed by atoms with Crippen molar-refractivity contribution in [3.63, 3.8) is 0 Å². The third kappa shape index (κ3) is 1.34. The van der Waals surface area contributed by atoms with Gasteiger partial charge in [0.15, 0.2) is 0 Å². The molecular formula is C13H9NO3. The van der Waals surface area contributed by atoms with Crippen LogP contribution in [-0.2, 0) is 0 Å². The van der Waals surface area contributed by atoms with Gasteiger partial charge in [-0.25, -0.2) is 4.79 Å². The van der Waals surface area contributed by atoms with Crippen LogP contribution in [0.5, 0.6) is 5.75 Å². The Morgan fingerprint density at radius 3 is 2.76 bits per heavy atom. The van der Waals surface area contributed by atoms with Crippen LogP contribution in [0, 0.1) is 0 Å². The molecule has 0 aliphatic rings. The Morgan fingerprint density at radius 2 is 1.94 bits per heavy atom. The first-order chi connectivity index (χ1) is 8.16. The number of benzene rings is 2. The van der Waals surface area contributed by atoms with E-state index in [1.807, 2.05) is 0 Å². The molecule has 0 radical (unpaired) electrons. The Morgan fingerprint density at radius 1 is 1.12 bits per heavy atom. The van der Waals surface area contributed by atoms with Gasteiger partial charge < -0.3 is 15.3 Å². The van der Waals surface area contributed by atoms with Crippen molar-refractivity contribution in [1.29, 1.82) is 0 Å². The summed E-state index contributed by atoms with van der Waals surface area (Å²) in [4.78, 5) is 11.8. The molecule has 0 saturated heterocycles. The van der Waals surface area contributed by atoms with E-state index in [1.165, 1.54) is 0 Å². The SMILES string of the molecule is Nc1ccc2c(c1)c(=O)oc1cccc(O)c12. The molecule has 0 bridgehead atoms. The fraction of sp³-hybridized carbons (Fsp3) is 0. The van der Waals surface area contributed by atoms with Crippen LogP contribution in [0.25, 0.3) is 21.7 Å². The van der Waals surface area contributed by atoms with Gasteiger partial charge in [-0.1, -0.05) is 12.1 Å². The van der Waals surface area contributed by atoms with Gasteiger partial charge in [-0.3, -0.25) is 0 Å². The van der Waals surface area contributed by atoms with Gasteiger partial charge in [-0.05, 0) is 24.3 Å². The maximum absolute atomic E-state index is 11.8. The molecule has 3 N–H and O–H groups in total. The standard InChI is InChI=1S/C13H9NO3/c14-7-4-5-8-9(6-7)13(16)17-11-3-1-2-10(15)12(8)11/h1-6,15H,14H2. The number of nitrogen functional groups attached to an aromatic ring is 1. The Hall–Kier alpha value is -2.49. The van der Waals surface area contributed by atoms with Crippen molar-refractivity contribution in [2.45, 2.75) is 0 Å². The molecular weight excluding hydrogens is 218 g/mol. The zero-order chi connectivity index (χ0) is 12.0. The minimum atomic E-state index is -0.453. The molecule has 17 heavy (non-hydrogen) atoms. The lowest BCUT2D eigenvalue weighted by atomic mass is 10.1.